The molecule has 0 saturated heterocycles. The summed E-state index contributed by atoms with van der Waals surface area (Å²) in [6, 6.07) is 16.3. The summed E-state index contributed by atoms with van der Waals surface area (Å²) < 4.78 is 0. The Morgan fingerprint density at radius 3 is 2.16 bits per heavy atom. The Labute approximate surface area is 114 Å². The molecular formula is C16H19N3. The van der Waals surface area contributed by atoms with Crippen molar-refractivity contribution in [2.24, 2.45) is 5.73 Å². The van der Waals surface area contributed by atoms with Gasteiger partial charge in [-0.3, -0.25) is 5.41 Å². The zero-order valence-corrected chi connectivity index (χ0v) is 11.4. The molecule has 0 saturated carbocycles. The van der Waals surface area contributed by atoms with E-state index in [2.05, 4.69) is 43.1 Å². The van der Waals surface area contributed by atoms with Crippen molar-refractivity contribution in [1.29, 1.82) is 5.41 Å². The highest BCUT2D eigenvalue weighted by molar-refractivity contribution is 5.95. The minimum absolute atomic E-state index is 0.104. The lowest BCUT2D eigenvalue weighted by molar-refractivity contribution is 0.922. The van der Waals surface area contributed by atoms with Crippen molar-refractivity contribution in [2.75, 3.05) is 11.9 Å². The molecule has 0 spiro atoms. The van der Waals surface area contributed by atoms with Gasteiger partial charge in [0.25, 0.3) is 0 Å². The molecule has 2 rings (SSSR count). The lowest BCUT2D eigenvalue weighted by Gasteiger charge is -2.19. The molecule has 0 amide bonds. The highest BCUT2D eigenvalue weighted by Crippen LogP contribution is 2.16. The van der Waals surface area contributed by atoms with Gasteiger partial charge in [0, 0.05) is 24.8 Å². The molecule has 3 N–H and O–H groups in total. The fourth-order valence-electron chi connectivity index (χ4n) is 1.95. The summed E-state index contributed by atoms with van der Waals surface area (Å²) in [5.74, 6) is 0.104. The molecule has 0 aliphatic heterocycles. The third kappa shape index (κ3) is 3.35. The Balaban J connectivity index is 2.09. The average Bonchev–Trinajstić information content (AvgIpc) is 2.41. The van der Waals surface area contributed by atoms with Crippen molar-refractivity contribution >= 4 is 11.5 Å². The van der Waals surface area contributed by atoms with Crippen molar-refractivity contribution in [2.45, 2.75) is 13.5 Å². The van der Waals surface area contributed by atoms with Crippen LogP contribution in [0.25, 0.3) is 0 Å². The molecule has 0 radical (unpaired) electrons. The number of nitrogens with one attached hydrogen (secondary N) is 1. The largest absolute Gasteiger partial charge is 0.384 e. The summed E-state index contributed by atoms with van der Waals surface area (Å²) in [6.45, 7) is 2.95. The molecule has 2 aromatic rings. The van der Waals surface area contributed by atoms with Gasteiger partial charge in [0.1, 0.15) is 5.84 Å². The quantitative estimate of drug-likeness (QED) is 0.650. The zero-order chi connectivity index (χ0) is 13.8. The van der Waals surface area contributed by atoms with Gasteiger partial charge in [-0.2, -0.15) is 0 Å². The van der Waals surface area contributed by atoms with E-state index in [-0.39, 0.29) is 5.84 Å². The fourth-order valence-corrected chi connectivity index (χ4v) is 1.95. The van der Waals surface area contributed by atoms with E-state index < -0.39 is 0 Å². The van der Waals surface area contributed by atoms with E-state index >= 15 is 0 Å². The van der Waals surface area contributed by atoms with Gasteiger partial charge in [-0.15, -0.1) is 0 Å². The van der Waals surface area contributed by atoms with E-state index in [9.17, 15) is 0 Å². The normalized spacial score (nSPS) is 10.2. The molecule has 19 heavy (non-hydrogen) atoms. The van der Waals surface area contributed by atoms with Crippen LogP contribution in [0.15, 0.2) is 48.5 Å². The van der Waals surface area contributed by atoms with Crippen LogP contribution in [0, 0.1) is 12.3 Å². The summed E-state index contributed by atoms with van der Waals surface area (Å²) in [6.07, 6.45) is 0. The number of hydrogen-bond acceptors (Lipinski definition) is 2. The summed E-state index contributed by atoms with van der Waals surface area (Å²) >= 11 is 0. The molecule has 0 aliphatic carbocycles. The standard InChI is InChI=1S/C16H19N3/c1-12-3-5-13(6-4-12)11-19(2)15-9-7-14(8-10-15)16(17)18/h3-10H,11H2,1-2H3,(H3,17,18). The molecular weight excluding hydrogens is 234 g/mol. The number of nitrogens with two attached hydrogens (primary N) is 1. The lowest BCUT2D eigenvalue weighted by atomic mass is 10.1. The molecule has 0 heterocycles. The topological polar surface area (TPSA) is 53.1 Å². The van der Waals surface area contributed by atoms with Crippen LogP contribution in [0.1, 0.15) is 16.7 Å². The van der Waals surface area contributed by atoms with Crippen LogP contribution in [0.3, 0.4) is 0 Å². The van der Waals surface area contributed by atoms with E-state index in [0.717, 1.165) is 17.8 Å². The van der Waals surface area contributed by atoms with Gasteiger partial charge in [-0.25, -0.2) is 0 Å². The molecule has 0 atom stereocenters. The van der Waals surface area contributed by atoms with Crippen LogP contribution in [0.4, 0.5) is 5.69 Å². The first-order chi connectivity index (χ1) is 9.06. The van der Waals surface area contributed by atoms with Crippen LogP contribution in [0.5, 0.6) is 0 Å². The minimum Gasteiger partial charge on any atom is -0.384 e. The van der Waals surface area contributed by atoms with Gasteiger partial charge in [-0.05, 0) is 36.8 Å². The van der Waals surface area contributed by atoms with Crippen molar-refractivity contribution in [3.05, 3.63) is 65.2 Å². The van der Waals surface area contributed by atoms with Gasteiger partial charge in [-0.1, -0.05) is 29.8 Å². The van der Waals surface area contributed by atoms with Gasteiger partial charge in [0.05, 0.1) is 0 Å². The van der Waals surface area contributed by atoms with Crippen molar-refractivity contribution in [3.63, 3.8) is 0 Å². The second kappa shape index (κ2) is 5.57. The smallest absolute Gasteiger partial charge is 0.122 e. The molecule has 0 unspecified atom stereocenters. The monoisotopic (exact) mass is 253 g/mol. The van der Waals surface area contributed by atoms with Gasteiger partial charge < -0.3 is 10.6 Å². The predicted molar refractivity (Wildman–Crippen MR) is 80.7 cm³/mol. The first-order valence-corrected chi connectivity index (χ1v) is 6.27. The first-order valence-electron chi connectivity index (χ1n) is 6.27. The Morgan fingerprint density at radius 2 is 1.63 bits per heavy atom. The third-order valence-electron chi connectivity index (χ3n) is 3.16. The first kappa shape index (κ1) is 13.1. The average molecular weight is 253 g/mol. The number of benzene rings is 2. The third-order valence-corrected chi connectivity index (χ3v) is 3.16. The summed E-state index contributed by atoms with van der Waals surface area (Å²) in [7, 11) is 2.06. The zero-order valence-electron chi connectivity index (χ0n) is 11.4. The summed E-state index contributed by atoms with van der Waals surface area (Å²) in [5, 5.41) is 7.38. The number of aryl methyl sites for hydroxylation is 1. The predicted octanol–water partition coefficient (Wildman–Crippen LogP) is 2.92. The molecule has 0 bridgehead atoms. The maximum Gasteiger partial charge on any atom is 0.122 e. The van der Waals surface area contributed by atoms with Gasteiger partial charge in [0.2, 0.25) is 0 Å². The van der Waals surface area contributed by atoms with Crippen molar-refractivity contribution in [3.8, 4) is 0 Å². The van der Waals surface area contributed by atoms with E-state index in [1.54, 1.807) is 0 Å². The number of nitrogens with zero attached hydrogens (tertiary/aromatic N) is 1. The minimum atomic E-state index is 0.104. The van der Waals surface area contributed by atoms with Crippen molar-refractivity contribution in [1.82, 2.24) is 0 Å². The lowest BCUT2D eigenvalue weighted by Crippen LogP contribution is -2.17. The van der Waals surface area contributed by atoms with E-state index in [4.69, 9.17) is 11.1 Å². The van der Waals surface area contributed by atoms with Gasteiger partial charge >= 0.3 is 0 Å². The molecule has 3 nitrogen and oxygen atoms in total. The molecule has 3 heteroatoms. The van der Waals surface area contributed by atoms with Crippen LogP contribution in [0.2, 0.25) is 0 Å². The number of rotatable bonds is 4. The SMILES string of the molecule is Cc1ccc(CN(C)c2ccc(C(=N)N)cc2)cc1. The summed E-state index contributed by atoms with van der Waals surface area (Å²) in [5.41, 5.74) is 9.88. The Morgan fingerprint density at radius 1 is 1.05 bits per heavy atom. The number of nitrogen functional groups attached to an aromatic ring is 1. The second-order valence-electron chi connectivity index (χ2n) is 4.80. The van der Waals surface area contributed by atoms with E-state index in [1.165, 1.54) is 11.1 Å². The second-order valence-corrected chi connectivity index (χ2v) is 4.80. The number of anilines is 1. The Bertz CT molecular complexity index is 556. The molecule has 0 aromatic heterocycles. The maximum absolute atomic E-state index is 7.38. The fraction of sp³-hybridized carbons (Fsp3) is 0.188. The summed E-state index contributed by atoms with van der Waals surface area (Å²) in [4.78, 5) is 2.18. The van der Waals surface area contributed by atoms with E-state index in [0.29, 0.717) is 0 Å². The highest BCUT2D eigenvalue weighted by atomic mass is 15.1. The van der Waals surface area contributed by atoms with Gasteiger partial charge in [0.15, 0.2) is 0 Å². The van der Waals surface area contributed by atoms with Crippen LogP contribution < -0.4 is 10.6 Å². The van der Waals surface area contributed by atoms with Crippen LogP contribution in [-0.4, -0.2) is 12.9 Å². The molecule has 0 aliphatic rings. The molecule has 98 valence electrons. The molecule has 0 fully saturated rings. The Kier molecular flexibility index (Phi) is 3.85. The van der Waals surface area contributed by atoms with E-state index in [1.807, 2.05) is 24.3 Å². The Hall–Kier alpha value is -2.29. The molecule has 2 aromatic carbocycles. The van der Waals surface area contributed by atoms with Crippen LogP contribution >= 0.6 is 0 Å². The maximum atomic E-state index is 7.38. The number of hydrogen-bond donors (Lipinski definition) is 2. The van der Waals surface area contributed by atoms with Crippen LogP contribution in [-0.2, 0) is 6.54 Å². The highest BCUT2D eigenvalue weighted by Gasteiger charge is 2.03. The van der Waals surface area contributed by atoms with Crippen molar-refractivity contribution < 1.29 is 0 Å². The number of amidine groups is 1.